The van der Waals surface area contributed by atoms with Crippen LogP contribution in [-0.4, -0.2) is 40.9 Å². The number of fused-ring (bicyclic) bond motifs is 2. The number of hydrogen-bond acceptors (Lipinski definition) is 6. The van der Waals surface area contributed by atoms with Gasteiger partial charge in [0.2, 0.25) is 5.95 Å². The predicted molar refractivity (Wildman–Crippen MR) is 126 cm³/mol. The first kappa shape index (κ1) is 23.1. The third-order valence-electron chi connectivity index (χ3n) is 5.99. The van der Waals surface area contributed by atoms with E-state index in [0.717, 1.165) is 59.5 Å². The lowest BCUT2D eigenvalue weighted by Crippen LogP contribution is -2.26. The van der Waals surface area contributed by atoms with E-state index in [1.165, 1.54) is 6.07 Å². The number of hydrogen-bond donors (Lipinski definition) is 2. The van der Waals surface area contributed by atoms with E-state index >= 15 is 0 Å². The highest BCUT2D eigenvalue weighted by atomic mass is 35.5. The third-order valence-corrected chi connectivity index (χ3v) is 7.50. The van der Waals surface area contributed by atoms with Gasteiger partial charge in [-0.15, -0.1) is 11.3 Å². The van der Waals surface area contributed by atoms with E-state index in [1.54, 1.807) is 0 Å². The van der Waals surface area contributed by atoms with Gasteiger partial charge in [-0.25, -0.2) is 9.97 Å². The summed E-state index contributed by atoms with van der Waals surface area (Å²) in [4.78, 5) is 23.7. The van der Waals surface area contributed by atoms with Crippen LogP contribution in [0.2, 0.25) is 5.02 Å². The fraction of sp³-hybridized carbons (Fsp3) is 0.348. The Morgan fingerprint density at radius 2 is 2.03 bits per heavy atom. The minimum atomic E-state index is -4.65. The Morgan fingerprint density at radius 1 is 1.21 bits per heavy atom. The quantitative estimate of drug-likeness (QED) is 0.504. The second kappa shape index (κ2) is 8.83. The second-order valence-corrected chi connectivity index (χ2v) is 10.0. The molecule has 6 nitrogen and oxygen atoms in total. The summed E-state index contributed by atoms with van der Waals surface area (Å²) < 4.78 is 41.4. The lowest BCUT2D eigenvalue weighted by atomic mass is 9.99. The number of amides is 1. The number of nitrogens with zero attached hydrogens (tertiary/aromatic N) is 3. The van der Waals surface area contributed by atoms with E-state index in [-0.39, 0.29) is 22.4 Å². The van der Waals surface area contributed by atoms with Crippen molar-refractivity contribution < 1.29 is 18.0 Å². The minimum absolute atomic E-state index is 0.00191. The molecule has 4 heterocycles. The summed E-state index contributed by atoms with van der Waals surface area (Å²) in [5.41, 5.74) is 1.97. The predicted octanol–water partition coefficient (Wildman–Crippen LogP) is 5.28. The van der Waals surface area contributed by atoms with Gasteiger partial charge in [-0.1, -0.05) is 11.6 Å². The smallest absolute Gasteiger partial charge is 0.352 e. The lowest BCUT2D eigenvalue weighted by Gasteiger charge is -2.26. The van der Waals surface area contributed by atoms with Gasteiger partial charge in [0.15, 0.2) is 0 Å². The van der Waals surface area contributed by atoms with Gasteiger partial charge in [0.25, 0.3) is 5.91 Å². The maximum atomic E-state index is 13.8. The molecule has 0 fully saturated rings. The SMILES string of the molecule is CN1CCc2cc(Cl)c(Nc3ncc(C(F)(F)F)c(-c4cc5c(s4)CCCNC5=O)n3)cc2C1. The van der Waals surface area contributed by atoms with Gasteiger partial charge >= 0.3 is 6.18 Å². The van der Waals surface area contributed by atoms with Crippen molar-refractivity contribution in [3.63, 3.8) is 0 Å². The first-order valence-corrected chi connectivity index (χ1v) is 12.0. The van der Waals surface area contributed by atoms with Crippen LogP contribution in [0.25, 0.3) is 10.6 Å². The molecule has 0 spiro atoms. The molecule has 0 bridgehead atoms. The van der Waals surface area contributed by atoms with Gasteiger partial charge in [-0.2, -0.15) is 13.2 Å². The zero-order valence-electron chi connectivity index (χ0n) is 18.2. The zero-order valence-corrected chi connectivity index (χ0v) is 19.8. The zero-order chi connectivity index (χ0) is 24.0. The van der Waals surface area contributed by atoms with E-state index in [9.17, 15) is 18.0 Å². The number of halogens is 4. The van der Waals surface area contributed by atoms with Gasteiger partial charge in [0, 0.05) is 30.7 Å². The average molecular weight is 508 g/mol. The molecule has 5 rings (SSSR count). The van der Waals surface area contributed by atoms with Crippen LogP contribution in [0.5, 0.6) is 0 Å². The first-order valence-electron chi connectivity index (χ1n) is 10.8. The highest BCUT2D eigenvalue weighted by Gasteiger charge is 2.36. The molecule has 3 aromatic rings. The van der Waals surface area contributed by atoms with Crippen molar-refractivity contribution in [3.8, 4) is 10.6 Å². The van der Waals surface area contributed by atoms with Gasteiger partial charge < -0.3 is 15.5 Å². The average Bonchev–Trinajstić information content (AvgIpc) is 3.13. The Hall–Kier alpha value is -2.69. The number of benzene rings is 1. The summed E-state index contributed by atoms with van der Waals surface area (Å²) in [7, 11) is 2.03. The Balaban J connectivity index is 1.54. The fourth-order valence-electron chi connectivity index (χ4n) is 4.24. The molecule has 34 heavy (non-hydrogen) atoms. The van der Waals surface area contributed by atoms with Crippen molar-refractivity contribution in [2.24, 2.45) is 0 Å². The first-order chi connectivity index (χ1) is 16.2. The van der Waals surface area contributed by atoms with Gasteiger partial charge in [0.1, 0.15) is 5.56 Å². The second-order valence-electron chi connectivity index (χ2n) is 8.47. The third kappa shape index (κ3) is 4.49. The van der Waals surface area contributed by atoms with Crippen LogP contribution in [0.3, 0.4) is 0 Å². The van der Waals surface area contributed by atoms with Gasteiger partial charge in [-0.3, -0.25) is 4.79 Å². The molecular formula is C23H21ClF3N5OS. The standard InChI is InChI=1S/C23H21ClF3N5OS/c1-32-6-4-12-7-16(24)17(8-13(12)11-32)30-22-29-10-15(23(25,26)27)20(31-22)19-9-14-18(34-19)3-2-5-28-21(14)33/h7-10H,2-6,11H2,1H3,(H,28,33)(H,29,30,31). The van der Waals surface area contributed by atoms with Crippen LogP contribution in [-0.2, 0) is 25.6 Å². The van der Waals surface area contributed by atoms with Crippen molar-refractivity contribution in [2.45, 2.75) is 32.0 Å². The Morgan fingerprint density at radius 3 is 2.82 bits per heavy atom. The summed E-state index contributed by atoms with van der Waals surface area (Å²) >= 11 is 7.62. The van der Waals surface area contributed by atoms with Crippen LogP contribution in [0.4, 0.5) is 24.8 Å². The van der Waals surface area contributed by atoms with Crippen LogP contribution in [0.1, 0.15) is 38.3 Å². The summed E-state index contributed by atoms with van der Waals surface area (Å²) in [6, 6.07) is 5.27. The van der Waals surface area contributed by atoms with Gasteiger partial charge in [-0.05, 0) is 55.6 Å². The number of carbonyl (C=O) groups excluding carboxylic acids is 1. The number of carbonyl (C=O) groups is 1. The molecule has 0 unspecified atom stereocenters. The van der Waals surface area contributed by atoms with Gasteiger partial charge in [0.05, 0.1) is 26.8 Å². The number of anilines is 2. The molecule has 1 aromatic carbocycles. The largest absolute Gasteiger partial charge is 0.420 e. The molecule has 2 N–H and O–H groups in total. The van der Waals surface area contributed by atoms with Crippen molar-refractivity contribution in [1.82, 2.24) is 20.2 Å². The van der Waals surface area contributed by atoms with Crippen LogP contribution >= 0.6 is 22.9 Å². The highest BCUT2D eigenvalue weighted by Crippen LogP contribution is 2.41. The van der Waals surface area contributed by atoms with E-state index < -0.39 is 11.7 Å². The molecule has 2 aliphatic rings. The molecule has 178 valence electrons. The van der Waals surface area contributed by atoms with Crippen molar-refractivity contribution in [3.05, 3.63) is 56.5 Å². The summed E-state index contributed by atoms with van der Waals surface area (Å²) in [6.07, 6.45) is -1.65. The molecule has 0 atom stereocenters. The molecule has 2 aliphatic heterocycles. The van der Waals surface area contributed by atoms with Crippen LogP contribution < -0.4 is 10.6 Å². The number of thiophene rings is 1. The molecule has 0 saturated heterocycles. The Kier molecular flexibility index (Phi) is 5.99. The monoisotopic (exact) mass is 507 g/mol. The number of aryl methyl sites for hydroxylation is 1. The van der Waals surface area contributed by atoms with Crippen molar-refractivity contribution in [1.29, 1.82) is 0 Å². The number of likely N-dealkylation sites (N-methyl/N-ethyl adjacent to an activating group) is 1. The summed E-state index contributed by atoms with van der Waals surface area (Å²) in [5, 5.41) is 6.21. The molecule has 0 aliphatic carbocycles. The Labute approximate surface area is 203 Å². The van der Waals surface area contributed by atoms with Crippen LogP contribution in [0, 0.1) is 0 Å². The van der Waals surface area contributed by atoms with Crippen LogP contribution in [0.15, 0.2) is 24.4 Å². The fourth-order valence-corrected chi connectivity index (χ4v) is 5.68. The number of nitrogens with one attached hydrogen (secondary N) is 2. The molecule has 0 saturated carbocycles. The summed E-state index contributed by atoms with van der Waals surface area (Å²) in [5.74, 6) is -0.274. The van der Waals surface area contributed by atoms with E-state index in [1.807, 2.05) is 19.2 Å². The normalized spacial score (nSPS) is 16.4. The maximum Gasteiger partial charge on any atom is 0.420 e. The number of aromatic nitrogens is 2. The number of rotatable bonds is 3. The molecular weight excluding hydrogens is 487 g/mol. The Bertz CT molecular complexity index is 1280. The van der Waals surface area contributed by atoms with Crippen molar-refractivity contribution in [2.75, 3.05) is 25.5 Å². The highest BCUT2D eigenvalue weighted by molar-refractivity contribution is 7.15. The molecule has 0 radical (unpaired) electrons. The van der Waals surface area contributed by atoms with E-state index in [0.29, 0.717) is 29.2 Å². The lowest BCUT2D eigenvalue weighted by molar-refractivity contribution is -0.137. The maximum absolute atomic E-state index is 13.8. The topological polar surface area (TPSA) is 70.2 Å². The number of alkyl halides is 3. The molecule has 11 heteroatoms. The van der Waals surface area contributed by atoms with E-state index in [2.05, 4.69) is 25.5 Å². The van der Waals surface area contributed by atoms with E-state index in [4.69, 9.17) is 11.6 Å². The molecule has 1 amide bonds. The molecule has 2 aromatic heterocycles. The van der Waals surface area contributed by atoms with Crippen molar-refractivity contribution >= 4 is 40.5 Å². The minimum Gasteiger partial charge on any atom is -0.352 e. The summed E-state index contributed by atoms with van der Waals surface area (Å²) in [6.45, 7) is 2.23.